The van der Waals surface area contributed by atoms with Gasteiger partial charge in [-0.2, -0.15) is 0 Å². The summed E-state index contributed by atoms with van der Waals surface area (Å²) in [7, 11) is 0. The zero-order chi connectivity index (χ0) is 11.4. The first-order chi connectivity index (χ1) is 7.75. The van der Waals surface area contributed by atoms with Gasteiger partial charge in [0.1, 0.15) is 0 Å². The van der Waals surface area contributed by atoms with Gasteiger partial charge in [-0.15, -0.1) is 0 Å². The Morgan fingerprint density at radius 3 is 2.88 bits per heavy atom. The van der Waals surface area contributed by atoms with Crippen molar-refractivity contribution in [1.82, 2.24) is 15.0 Å². The number of carboxylic acid groups (broad SMARTS) is 1. The van der Waals surface area contributed by atoms with Crippen molar-refractivity contribution in [3.05, 3.63) is 17.4 Å². The molecule has 6 heteroatoms. The van der Waals surface area contributed by atoms with E-state index in [0.717, 1.165) is 22.7 Å². The summed E-state index contributed by atoms with van der Waals surface area (Å²) in [6.07, 6.45) is 5.82. The van der Waals surface area contributed by atoms with Gasteiger partial charge < -0.3 is 5.11 Å². The molecule has 0 saturated heterocycles. The average Bonchev–Trinajstić information content (AvgIpc) is 2.66. The summed E-state index contributed by atoms with van der Waals surface area (Å²) >= 11 is 1.52. The van der Waals surface area contributed by atoms with Crippen LogP contribution in [0.25, 0.3) is 10.5 Å². The summed E-state index contributed by atoms with van der Waals surface area (Å²) in [6.45, 7) is 0. The molecule has 0 spiro atoms. The van der Waals surface area contributed by atoms with Crippen LogP contribution in [0.1, 0.15) is 24.3 Å². The zero-order valence-corrected chi connectivity index (χ0v) is 9.40. The number of aliphatic carboxylic acids is 1. The van der Waals surface area contributed by atoms with Crippen LogP contribution in [0.15, 0.2) is 12.4 Å². The number of rotatable bonds is 5. The third-order valence-electron chi connectivity index (χ3n) is 2.12. The number of thiazole rings is 1. The fraction of sp³-hybridized carbons (Fsp3) is 0.400. The van der Waals surface area contributed by atoms with Crippen LogP contribution in [0.4, 0.5) is 0 Å². The van der Waals surface area contributed by atoms with Crippen LogP contribution in [0, 0.1) is 0 Å². The first-order valence-corrected chi connectivity index (χ1v) is 5.85. The molecule has 16 heavy (non-hydrogen) atoms. The predicted molar refractivity (Wildman–Crippen MR) is 60.4 cm³/mol. The Morgan fingerprint density at radius 1 is 1.31 bits per heavy atom. The van der Waals surface area contributed by atoms with E-state index in [2.05, 4.69) is 15.0 Å². The first kappa shape index (κ1) is 10.9. The molecule has 0 aliphatic rings. The van der Waals surface area contributed by atoms with Crippen LogP contribution in [0.3, 0.4) is 0 Å². The number of hydrogen-bond donors (Lipinski definition) is 1. The van der Waals surface area contributed by atoms with Gasteiger partial charge in [-0.05, 0) is 19.3 Å². The number of hydrogen-bond acceptors (Lipinski definition) is 5. The standard InChI is InChI=1S/C10H11N3O2S/c14-8(15)4-2-1-3-7-13-9-10(16-7)12-6-5-11-9/h5-6H,1-4H2,(H,14,15). The van der Waals surface area contributed by atoms with Crippen LogP contribution >= 0.6 is 11.3 Å². The molecule has 0 atom stereocenters. The van der Waals surface area contributed by atoms with E-state index in [4.69, 9.17) is 5.11 Å². The SMILES string of the molecule is O=C(O)CCCCc1nc2nccnc2s1. The number of carboxylic acids is 1. The van der Waals surface area contributed by atoms with Gasteiger partial charge >= 0.3 is 5.97 Å². The smallest absolute Gasteiger partial charge is 0.303 e. The Labute approximate surface area is 96.2 Å². The number of nitrogens with zero attached hydrogens (tertiary/aromatic N) is 3. The fourth-order valence-corrected chi connectivity index (χ4v) is 2.28. The van der Waals surface area contributed by atoms with E-state index < -0.39 is 5.97 Å². The minimum absolute atomic E-state index is 0.224. The Morgan fingerprint density at radius 2 is 2.12 bits per heavy atom. The first-order valence-electron chi connectivity index (χ1n) is 5.04. The van der Waals surface area contributed by atoms with Crippen LogP contribution in [-0.4, -0.2) is 26.0 Å². The summed E-state index contributed by atoms with van der Waals surface area (Å²) in [5.41, 5.74) is 0.681. The maximum atomic E-state index is 10.3. The van der Waals surface area contributed by atoms with E-state index in [0.29, 0.717) is 12.1 Å². The van der Waals surface area contributed by atoms with Crippen LogP contribution in [0.5, 0.6) is 0 Å². The molecule has 0 saturated carbocycles. The van der Waals surface area contributed by atoms with E-state index in [1.807, 2.05) is 0 Å². The molecule has 0 fully saturated rings. The second kappa shape index (κ2) is 4.98. The summed E-state index contributed by atoms with van der Waals surface area (Å²) in [5.74, 6) is -0.743. The van der Waals surface area contributed by atoms with Crippen molar-refractivity contribution < 1.29 is 9.90 Å². The molecular formula is C10H11N3O2S. The highest BCUT2D eigenvalue weighted by Gasteiger charge is 2.05. The van der Waals surface area contributed by atoms with Crippen molar-refractivity contribution in [2.24, 2.45) is 0 Å². The highest BCUT2D eigenvalue weighted by atomic mass is 32.1. The predicted octanol–water partition coefficient (Wildman–Crippen LogP) is 1.88. The van der Waals surface area contributed by atoms with E-state index in [1.54, 1.807) is 12.4 Å². The van der Waals surface area contributed by atoms with Crippen molar-refractivity contribution >= 4 is 27.8 Å². The normalized spacial score (nSPS) is 10.8. The molecule has 2 heterocycles. The van der Waals surface area contributed by atoms with Gasteiger partial charge in [0.05, 0.1) is 5.01 Å². The minimum Gasteiger partial charge on any atom is -0.481 e. The van der Waals surface area contributed by atoms with E-state index in [-0.39, 0.29) is 6.42 Å². The summed E-state index contributed by atoms with van der Waals surface area (Å²) in [5, 5.41) is 9.47. The molecule has 2 aromatic rings. The van der Waals surface area contributed by atoms with Gasteiger partial charge in [0.2, 0.25) is 0 Å². The third-order valence-corrected chi connectivity index (χ3v) is 3.14. The van der Waals surface area contributed by atoms with Crippen molar-refractivity contribution in [3.63, 3.8) is 0 Å². The van der Waals surface area contributed by atoms with Gasteiger partial charge in [0.25, 0.3) is 0 Å². The molecule has 5 nitrogen and oxygen atoms in total. The second-order valence-corrected chi connectivity index (χ2v) is 4.46. The Kier molecular flexibility index (Phi) is 3.40. The monoisotopic (exact) mass is 237 g/mol. The lowest BCUT2D eigenvalue weighted by atomic mass is 10.2. The maximum Gasteiger partial charge on any atom is 0.303 e. The van der Waals surface area contributed by atoms with Crippen molar-refractivity contribution in [2.45, 2.75) is 25.7 Å². The van der Waals surface area contributed by atoms with Crippen LogP contribution in [0.2, 0.25) is 0 Å². The number of aromatic nitrogens is 3. The molecule has 2 aromatic heterocycles. The Balaban J connectivity index is 1.92. The van der Waals surface area contributed by atoms with Crippen molar-refractivity contribution in [2.75, 3.05) is 0 Å². The summed E-state index contributed by atoms with van der Waals surface area (Å²) in [6, 6.07) is 0. The molecule has 1 N–H and O–H groups in total. The number of fused-ring (bicyclic) bond motifs is 1. The fourth-order valence-electron chi connectivity index (χ4n) is 1.38. The van der Waals surface area contributed by atoms with Gasteiger partial charge in [0, 0.05) is 18.8 Å². The quantitative estimate of drug-likeness (QED) is 0.803. The highest BCUT2D eigenvalue weighted by Crippen LogP contribution is 2.19. The molecular weight excluding hydrogens is 226 g/mol. The lowest BCUT2D eigenvalue weighted by molar-refractivity contribution is -0.137. The van der Waals surface area contributed by atoms with Gasteiger partial charge in [-0.3, -0.25) is 4.79 Å². The number of carbonyl (C=O) groups is 1. The van der Waals surface area contributed by atoms with Crippen LogP contribution < -0.4 is 0 Å². The molecule has 0 bridgehead atoms. The van der Waals surface area contributed by atoms with E-state index >= 15 is 0 Å². The van der Waals surface area contributed by atoms with Gasteiger partial charge in [-0.25, -0.2) is 15.0 Å². The molecule has 0 radical (unpaired) electrons. The second-order valence-electron chi connectivity index (χ2n) is 3.39. The Hall–Kier alpha value is -1.56. The van der Waals surface area contributed by atoms with E-state index in [9.17, 15) is 4.79 Å². The molecule has 2 rings (SSSR count). The van der Waals surface area contributed by atoms with Gasteiger partial charge in [-0.1, -0.05) is 11.3 Å². The molecule has 0 aliphatic heterocycles. The number of aryl methyl sites for hydroxylation is 1. The molecule has 84 valence electrons. The number of unbranched alkanes of at least 4 members (excludes halogenated alkanes) is 1. The van der Waals surface area contributed by atoms with Crippen LogP contribution in [-0.2, 0) is 11.2 Å². The maximum absolute atomic E-state index is 10.3. The average molecular weight is 237 g/mol. The zero-order valence-electron chi connectivity index (χ0n) is 8.59. The molecule has 0 aliphatic carbocycles. The highest BCUT2D eigenvalue weighted by molar-refractivity contribution is 7.18. The topological polar surface area (TPSA) is 76.0 Å². The van der Waals surface area contributed by atoms with Crippen molar-refractivity contribution in [1.29, 1.82) is 0 Å². The van der Waals surface area contributed by atoms with Gasteiger partial charge in [0.15, 0.2) is 10.5 Å². The minimum atomic E-state index is -0.743. The van der Waals surface area contributed by atoms with E-state index in [1.165, 1.54) is 11.3 Å². The molecule has 0 aromatic carbocycles. The molecule has 0 amide bonds. The molecule has 0 unspecified atom stereocenters. The lowest BCUT2D eigenvalue weighted by Crippen LogP contribution is -1.94. The lowest BCUT2D eigenvalue weighted by Gasteiger charge is -1.94. The largest absolute Gasteiger partial charge is 0.481 e. The third kappa shape index (κ3) is 2.73. The summed E-state index contributed by atoms with van der Waals surface area (Å²) < 4.78 is 0. The van der Waals surface area contributed by atoms with Crippen molar-refractivity contribution in [3.8, 4) is 0 Å². The Bertz CT molecular complexity index is 465. The summed E-state index contributed by atoms with van der Waals surface area (Å²) in [4.78, 5) is 23.7.